The van der Waals surface area contributed by atoms with Gasteiger partial charge in [0.2, 0.25) is 0 Å². The summed E-state index contributed by atoms with van der Waals surface area (Å²) in [5, 5.41) is 9.44. The lowest BCUT2D eigenvalue weighted by atomic mass is 9.69. The van der Waals surface area contributed by atoms with E-state index >= 15 is 0 Å². The van der Waals surface area contributed by atoms with Crippen molar-refractivity contribution in [3.63, 3.8) is 0 Å². The summed E-state index contributed by atoms with van der Waals surface area (Å²) in [5.41, 5.74) is 5.17. The van der Waals surface area contributed by atoms with Gasteiger partial charge in [0.15, 0.2) is 0 Å². The second-order valence-electron chi connectivity index (χ2n) is 5.58. The summed E-state index contributed by atoms with van der Waals surface area (Å²) >= 11 is 0. The quantitative estimate of drug-likeness (QED) is 0.768. The van der Waals surface area contributed by atoms with Gasteiger partial charge in [0, 0.05) is 5.92 Å². The number of carboxylic acid groups (broad SMARTS) is 1. The lowest BCUT2D eigenvalue weighted by Crippen LogP contribution is -2.33. The molecule has 0 fully saturated rings. The fourth-order valence-corrected chi connectivity index (χ4v) is 3.54. The van der Waals surface area contributed by atoms with Crippen molar-refractivity contribution in [2.45, 2.75) is 32.6 Å². The third-order valence-corrected chi connectivity index (χ3v) is 4.74. The van der Waals surface area contributed by atoms with Crippen molar-refractivity contribution in [2.75, 3.05) is 0 Å². The van der Waals surface area contributed by atoms with Gasteiger partial charge < -0.3 is 5.11 Å². The van der Waals surface area contributed by atoms with Crippen molar-refractivity contribution in [3.8, 4) is 0 Å². The van der Waals surface area contributed by atoms with E-state index in [0.717, 1.165) is 6.42 Å². The second kappa shape index (κ2) is 3.98. The summed E-state index contributed by atoms with van der Waals surface area (Å²) < 4.78 is 0. The number of fused-ring (bicyclic) bond motifs is 3. The zero-order chi connectivity index (χ0) is 12.9. The van der Waals surface area contributed by atoms with Crippen molar-refractivity contribution >= 4 is 5.97 Å². The highest BCUT2D eigenvalue weighted by atomic mass is 16.4. The first kappa shape index (κ1) is 11.5. The molecule has 3 rings (SSSR count). The largest absolute Gasteiger partial charge is 0.481 e. The van der Waals surface area contributed by atoms with Crippen LogP contribution >= 0.6 is 0 Å². The zero-order valence-electron chi connectivity index (χ0n) is 10.8. The minimum Gasteiger partial charge on any atom is -0.481 e. The minimum atomic E-state index is -0.639. The van der Waals surface area contributed by atoms with Crippen LogP contribution in [0.1, 0.15) is 34.6 Å². The third-order valence-electron chi connectivity index (χ3n) is 4.74. The molecule has 1 N–H and O–H groups in total. The number of rotatable bonds is 1. The normalized spacial score (nSPS) is 28.9. The number of hydrogen-bond donors (Lipinski definition) is 1. The molecule has 0 saturated heterocycles. The Balaban J connectivity index is 2.14. The van der Waals surface area contributed by atoms with E-state index < -0.39 is 5.97 Å². The highest BCUT2D eigenvalue weighted by Crippen LogP contribution is 2.47. The lowest BCUT2D eigenvalue weighted by Gasteiger charge is -2.34. The number of carbonyl (C=O) groups is 1. The van der Waals surface area contributed by atoms with Gasteiger partial charge in [0.1, 0.15) is 0 Å². The molecule has 0 heterocycles. The number of allylic oxidation sites excluding steroid dienone is 2. The monoisotopic (exact) mass is 242 g/mol. The summed E-state index contributed by atoms with van der Waals surface area (Å²) in [6.07, 6.45) is 5.96. The Morgan fingerprint density at radius 3 is 2.83 bits per heavy atom. The fraction of sp³-hybridized carbons (Fsp3) is 0.438. The van der Waals surface area contributed by atoms with Crippen LogP contribution in [0.15, 0.2) is 24.3 Å². The summed E-state index contributed by atoms with van der Waals surface area (Å²) in [5.74, 6) is -0.287. The van der Waals surface area contributed by atoms with Crippen molar-refractivity contribution in [1.82, 2.24) is 0 Å². The van der Waals surface area contributed by atoms with Gasteiger partial charge in [-0.1, -0.05) is 24.3 Å². The van der Waals surface area contributed by atoms with E-state index in [4.69, 9.17) is 0 Å². The van der Waals surface area contributed by atoms with Crippen LogP contribution in [0.3, 0.4) is 0 Å². The van der Waals surface area contributed by atoms with E-state index in [0.29, 0.717) is 12.3 Å². The molecular formula is C16H18O2. The molecule has 0 saturated carbocycles. The molecular weight excluding hydrogens is 224 g/mol. The van der Waals surface area contributed by atoms with Crippen molar-refractivity contribution < 1.29 is 9.90 Å². The van der Waals surface area contributed by atoms with Gasteiger partial charge in [0.05, 0.1) is 5.92 Å². The first-order valence-corrected chi connectivity index (χ1v) is 6.58. The zero-order valence-corrected chi connectivity index (χ0v) is 10.8. The Hall–Kier alpha value is -1.57. The maximum Gasteiger partial charge on any atom is 0.307 e. The number of hydrogen-bond acceptors (Lipinski definition) is 1. The van der Waals surface area contributed by atoms with Crippen LogP contribution in [0.2, 0.25) is 0 Å². The number of aliphatic carboxylic acids is 1. The summed E-state index contributed by atoms with van der Waals surface area (Å²) in [6.45, 7) is 4.22. The Bertz CT molecular complexity index is 542. The first-order valence-electron chi connectivity index (χ1n) is 6.58. The van der Waals surface area contributed by atoms with Crippen LogP contribution in [0.25, 0.3) is 0 Å². The molecule has 3 unspecified atom stereocenters. The van der Waals surface area contributed by atoms with E-state index in [1.807, 2.05) is 0 Å². The average molecular weight is 242 g/mol. The average Bonchev–Trinajstić information content (AvgIpc) is 2.81. The van der Waals surface area contributed by atoms with E-state index in [1.54, 1.807) is 0 Å². The van der Waals surface area contributed by atoms with E-state index in [-0.39, 0.29) is 11.8 Å². The Morgan fingerprint density at radius 1 is 1.33 bits per heavy atom. The molecule has 0 spiro atoms. The Labute approximate surface area is 107 Å². The molecule has 0 aromatic heterocycles. The van der Waals surface area contributed by atoms with Crippen molar-refractivity contribution in [2.24, 2.45) is 11.8 Å². The Morgan fingerprint density at radius 2 is 2.11 bits per heavy atom. The highest BCUT2D eigenvalue weighted by molar-refractivity contribution is 5.72. The maximum absolute atomic E-state index is 11.5. The Kier molecular flexibility index (Phi) is 2.54. The number of carboxylic acids is 1. The lowest BCUT2D eigenvalue weighted by molar-refractivity contribution is -0.144. The fourth-order valence-electron chi connectivity index (χ4n) is 3.54. The van der Waals surface area contributed by atoms with Crippen molar-refractivity contribution in [3.05, 3.63) is 46.5 Å². The standard InChI is InChI=1S/C16H18O2/c1-9-6-7-13-11-4-3-5-12(11)15(16(17)18)8-14(13)10(9)2/h3-4,6-7,11-12,15H,5,8H2,1-2H3,(H,17,18). The summed E-state index contributed by atoms with van der Waals surface area (Å²) in [7, 11) is 0. The smallest absolute Gasteiger partial charge is 0.307 e. The molecule has 0 amide bonds. The van der Waals surface area contributed by atoms with Gasteiger partial charge in [-0.3, -0.25) is 4.79 Å². The topological polar surface area (TPSA) is 37.3 Å². The van der Waals surface area contributed by atoms with Gasteiger partial charge in [-0.2, -0.15) is 0 Å². The van der Waals surface area contributed by atoms with Crippen LogP contribution in [-0.2, 0) is 11.2 Å². The highest BCUT2D eigenvalue weighted by Gasteiger charge is 2.41. The predicted octanol–water partition coefficient (Wildman–Crippen LogP) is 3.22. The SMILES string of the molecule is Cc1ccc2c(c1C)CC(C(=O)O)C1CC=CC21. The van der Waals surface area contributed by atoms with Gasteiger partial charge in [0.25, 0.3) is 0 Å². The molecule has 94 valence electrons. The number of aryl methyl sites for hydroxylation is 1. The molecule has 2 nitrogen and oxygen atoms in total. The molecule has 18 heavy (non-hydrogen) atoms. The molecule has 1 aromatic rings. The van der Waals surface area contributed by atoms with Crippen LogP contribution in [0.4, 0.5) is 0 Å². The van der Waals surface area contributed by atoms with Gasteiger partial charge >= 0.3 is 5.97 Å². The maximum atomic E-state index is 11.5. The summed E-state index contributed by atoms with van der Waals surface area (Å²) in [4.78, 5) is 11.5. The van der Waals surface area contributed by atoms with Crippen LogP contribution in [0, 0.1) is 25.7 Å². The van der Waals surface area contributed by atoms with E-state index in [1.165, 1.54) is 22.3 Å². The minimum absolute atomic E-state index is 0.224. The molecule has 3 atom stereocenters. The van der Waals surface area contributed by atoms with Gasteiger partial charge in [-0.25, -0.2) is 0 Å². The predicted molar refractivity (Wildman–Crippen MR) is 70.7 cm³/mol. The van der Waals surface area contributed by atoms with E-state index in [2.05, 4.69) is 38.1 Å². The summed E-state index contributed by atoms with van der Waals surface area (Å²) in [6, 6.07) is 4.36. The molecule has 1 aromatic carbocycles. The molecule has 0 bridgehead atoms. The molecule has 2 aliphatic carbocycles. The van der Waals surface area contributed by atoms with Crippen LogP contribution in [0.5, 0.6) is 0 Å². The molecule has 0 radical (unpaired) electrons. The second-order valence-corrected chi connectivity index (χ2v) is 5.58. The molecule has 0 aliphatic heterocycles. The number of benzene rings is 1. The van der Waals surface area contributed by atoms with Gasteiger partial charge in [-0.05, 0) is 54.9 Å². The molecule has 2 aliphatic rings. The molecule has 2 heteroatoms. The third kappa shape index (κ3) is 1.52. The van der Waals surface area contributed by atoms with Crippen molar-refractivity contribution in [1.29, 1.82) is 0 Å². The first-order chi connectivity index (χ1) is 8.59. The van der Waals surface area contributed by atoms with Gasteiger partial charge in [-0.15, -0.1) is 0 Å². The van der Waals surface area contributed by atoms with Crippen LogP contribution < -0.4 is 0 Å². The van der Waals surface area contributed by atoms with E-state index in [9.17, 15) is 9.90 Å². The van der Waals surface area contributed by atoms with Crippen LogP contribution in [-0.4, -0.2) is 11.1 Å².